The highest BCUT2D eigenvalue weighted by atomic mass is 19.4. The molecule has 0 spiro atoms. The first kappa shape index (κ1) is 18.3. The summed E-state index contributed by atoms with van der Waals surface area (Å²) >= 11 is 0. The number of alkyl halides is 3. The first-order valence-corrected chi connectivity index (χ1v) is 7.45. The third kappa shape index (κ3) is 3.73. The zero-order chi connectivity index (χ0) is 18.3. The van der Waals surface area contributed by atoms with E-state index < -0.39 is 29.3 Å². The zero-order valence-electron chi connectivity index (χ0n) is 13.6. The van der Waals surface area contributed by atoms with Crippen LogP contribution in [-0.2, 0) is 14.4 Å². The van der Waals surface area contributed by atoms with Crippen LogP contribution in [0.2, 0.25) is 0 Å². The average Bonchev–Trinajstić information content (AvgIpc) is 3.12. The lowest BCUT2D eigenvalue weighted by Crippen LogP contribution is -2.56. The summed E-state index contributed by atoms with van der Waals surface area (Å²) in [4.78, 5) is 29.0. The van der Waals surface area contributed by atoms with E-state index in [2.05, 4.69) is 9.99 Å². The number of carbonyl (C=O) groups excluding carboxylic acids is 2. The lowest BCUT2D eigenvalue weighted by atomic mass is 10.00. The summed E-state index contributed by atoms with van der Waals surface area (Å²) in [6, 6.07) is 0. The van der Waals surface area contributed by atoms with Crippen molar-refractivity contribution < 1.29 is 32.3 Å². The van der Waals surface area contributed by atoms with Crippen LogP contribution in [0.3, 0.4) is 0 Å². The summed E-state index contributed by atoms with van der Waals surface area (Å²) in [5.41, 5.74) is 2.53. The van der Waals surface area contributed by atoms with Gasteiger partial charge in [0.15, 0.2) is 5.41 Å². The molecule has 1 saturated carbocycles. The van der Waals surface area contributed by atoms with Crippen molar-refractivity contribution in [1.29, 1.82) is 0 Å². The third-order valence-electron chi connectivity index (χ3n) is 3.87. The van der Waals surface area contributed by atoms with Gasteiger partial charge in [-0.25, -0.2) is 9.59 Å². The van der Waals surface area contributed by atoms with Crippen LogP contribution in [0.15, 0.2) is 5.16 Å². The fourth-order valence-electron chi connectivity index (χ4n) is 2.13. The standard InChI is InChI=1S/C14H20F3N3O4/c1-12(2,3)23-11(22)20-6-8(7-20)9(18)19-24-10(21)13(4-5-13)14(15,16)17/h8H,4-7H2,1-3H3,(H2,18,19). The Bertz CT molecular complexity index is 559. The topological polar surface area (TPSA) is 94.2 Å². The van der Waals surface area contributed by atoms with Crippen LogP contribution < -0.4 is 5.73 Å². The molecule has 0 radical (unpaired) electrons. The fraction of sp³-hybridized carbons (Fsp3) is 0.786. The van der Waals surface area contributed by atoms with Crippen LogP contribution in [0.5, 0.6) is 0 Å². The zero-order valence-corrected chi connectivity index (χ0v) is 13.6. The molecule has 1 amide bonds. The van der Waals surface area contributed by atoms with Crippen LogP contribution >= 0.6 is 0 Å². The molecule has 24 heavy (non-hydrogen) atoms. The van der Waals surface area contributed by atoms with Crippen molar-refractivity contribution in [3.63, 3.8) is 0 Å². The van der Waals surface area contributed by atoms with Gasteiger partial charge >= 0.3 is 18.2 Å². The summed E-state index contributed by atoms with van der Waals surface area (Å²) in [7, 11) is 0. The molecule has 7 nitrogen and oxygen atoms in total. The summed E-state index contributed by atoms with van der Waals surface area (Å²) < 4.78 is 43.4. The number of likely N-dealkylation sites (tertiary alicyclic amines) is 1. The molecule has 2 aliphatic rings. The number of carbonyl (C=O) groups is 2. The Labute approximate surface area is 136 Å². The Kier molecular flexibility index (Phi) is 4.45. The number of amidine groups is 1. The van der Waals surface area contributed by atoms with Crippen LogP contribution in [0.1, 0.15) is 33.6 Å². The number of hydrogen-bond donors (Lipinski definition) is 1. The minimum Gasteiger partial charge on any atom is -0.444 e. The van der Waals surface area contributed by atoms with E-state index in [0.717, 1.165) is 0 Å². The first-order valence-electron chi connectivity index (χ1n) is 7.45. The molecule has 0 unspecified atom stereocenters. The highest BCUT2D eigenvalue weighted by Crippen LogP contribution is 2.58. The van der Waals surface area contributed by atoms with E-state index in [9.17, 15) is 22.8 Å². The SMILES string of the molecule is CC(C)(C)OC(=O)N1CC(/C(N)=N/OC(=O)C2(C(F)(F)F)CC2)C1. The number of nitrogens with two attached hydrogens (primary N) is 1. The van der Waals surface area contributed by atoms with Crippen molar-refractivity contribution >= 4 is 17.9 Å². The number of rotatable bonds is 3. The molecular weight excluding hydrogens is 331 g/mol. The van der Waals surface area contributed by atoms with E-state index in [1.807, 2.05) is 0 Å². The van der Waals surface area contributed by atoms with Crippen molar-refractivity contribution in [2.75, 3.05) is 13.1 Å². The molecule has 0 aromatic heterocycles. The van der Waals surface area contributed by atoms with Gasteiger partial charge in [-0.1, -0.05) is 5.16 Å². The van der Waals surface area contributed by atoms with E-state index in [1.165, 1.54) is 4.90 Å². The Balaban J connectivity index is 1.82. The molecule has 2 N–H and O–H groups in total. The van der Waals surface area contributed by atoms with Gasteiger partial charge in [0.05, 0.1) is 5.92 Å². The third-order valence-corrected chi connectivity index (χ3v) is 3.87. The van der Waals surface area contributed by atoms with E-state index in [0.29, 0.717) is 0 Å². The molecule has 0 aromatic carbocycles. The van der Waals surface area contributed by atoms with Crippen LogP contribution in [0, 0.1) is 11.3 Å². The first-order chi connectivity index (χ1) is 10.9. The molecule has 0 atom stereocenters. The predicted octanol–water partition coefficient (Wildman–Crippen LogP) is 2.01. The van der Waals surface area contributed by atoms with E-state index in [1.54, 1.807) is 20.8 Å². The molecule has 0 bridgehead atoms. The molecule has 10 heteroatoms. The van der Waals surface area contributed by atoms with E-state index >= 15 is 0 Å². The molecule has 0 aromatic rings. The lowest BCUT2D eigenvalue weighted by Gasteiger charge is -2.38. The maximum atomic E-state index is 12.7. The Morgan fingerprint density at radius 2 is 1.75 bits per heavy atom. The van der Waals surface area contributed by atoms with Gasteiger partial charge in [0.2, 0.25) is 0 Å². The molecule has 136 valence electrons. The number of amides is 1. The highest BCUT2D eigenvalue weighted by molar-refractivity contribution is 5.87. The van der Waals surface area contributed by atoms with Crippen molar-refractivity contribution in [1.82, 2.24) is 4.90 Å². The maximum absolute atomic E-state index is 12.7. The summed E-state index contributed by atoms with van der Waals surface area (Å²) in [5, 5.41) is 3.30. The molecule has 2 rings (SSSR count). The van der Waals surface area contributed by atoms with Crippen molar-refractivity contribution in [2.24, 2.45) is 22.2 Å². The van der Waals surface area contributed by atoms with Gasteiger partial charge < -0.3 is 20.2 Å². The number of oxime groups is 1. The highest BCUT2D eigenvalue weighted by Gasteiger charge is 2.70. The number of halogens is 3. The second-order valence-electron chi connectivity index (χ2n) is 7.06. The van der Waals surface area contributed by atoms with Crippen LogP contribution in [0.25, 0.3) is 0 Å². The van der Waals surface area contributed by atoms with Crippen LogP contribution in [0.4, 0.5) is 18.0 Å². The van der Waals surface area contributed by atoms with Crippen molar-refractivity contribution in [3.05, 3.63) is 0 Å². The van der Waals surface area contributed by atoms with Gasteiger partial charge in [-0.3, -0.25) is 0 Å². The normalized spacial score (nSPS) is 21.1. The molecule has 1 aliphatic carbocycles. The smallest absolute Gasteiger partial charge is 0.410 e. The largest absolute Gasteiger partial charge is 0.444 e. The number of ether oxygens (including phenoxy) is 1. The predicted molar refractivity (Wildman–Crippen MR) is 76.7 cm³/mol. The second kappa shape index (κ2) is 5.82. The van der Waals surface area contributed by atoms with Gasteiger partial charge in [0.25, 0.3) is 0 Å². The molecule has 1 aliphatic heterocycles. The maximum Gasteiger partial charge on any atom is 0.410 e. The van der Waals surface area contributed by atoms with Gasteiger partial charge in [0, 0.05) is 13.1 Å². The molecule has 1 heterocycles. The Hall–Kier alpha value is -2.00. The Morgan fingerprint density at radius 3 is 2.17 bits per heavy atom. The lowest BCUT2D eigenvalue weighted by molar-refractivity contribution is -0.206. The van der Waals surface area contributed by atoms with Crippen molar-refractivity contribution in [3.8, 4) is 0 Å². The van der Waals surface area contributed by atoms with Crippen LogP contribution in [-0.4, -0.2) is 47.7 Å². The molecular formula is C14H20F3N3O4. The Morgan fingerprint density at radius 1 is 1.21 bits per heavy atom. The van der Waals surface area contributed by atoms with Crippen molar-refractivity contribution in [2.45, 2.75) is 45.4 Å². The second-order valence-corrected chi connectivity index (χ2v) is 7.06. The minimum absolute atomic E-state index is 0.124. The summed E-state index contributed by atoms with van der Waals surface area (Å²) in [6.07, 6.45) is -5.78. The minimum atomic E-state index is -4.65. The molecule has 1 saturated heterocycles. The van der Waals surface area contributed by atoms with Gasteiger partial charge in [0.1, 0.15) is 11.4 Å². The molecule has 2 fully saturated rings. The van der Waals surface area contributed by atoms with Gasteiger partial charge in [-0.05, 0) is 33.6 Å². The van der Waals surface area contributed by atoms with E-state index in [4.69, 9.17) is 10.5 Å². The van der Waals surface area contributed by atoms with Gasteiger partial charge in [-0.15, -0.1) is 0 Å². The summed E-state index contributed by atoms with van der Waals surface area (Å²) in [5.74, 6) is -1.95. The fourth-order valence-corrected chi connectivity index (χ4v) is 2.13. The quantitative estimate of drug-likeness (QED) is 0.363. The monoisotopic (exact) mass is 351 g/mol. The van der Waals surface area contributed by atoms with Gasteiger partial charge in [-0.2, -0.15) is 13.2 Å². The number of hydrogen-bond acceptors (Lipinski definition) is 5. The van der Waals surface area contributed by atoms with E-state index in [-0.39, 0.29) is 37.7 Å². The number of nitrogens with zero attached hydrogens (tertiary/aromatic N) is 2. The average molecular weight is 351 g/mol. The summed E-state index contributed by atoms with van der Waals surface area (Å²) in [6.45, 7) is 5.59.